The Morgan fingerprint density at radius 1 is 1.10 bits per heavy atom. The monoisotopic (exact) mass is 280 g/mol. The van der Waals surface area contributed by atoms with Gasteiger partial charge in [0, 0.05) is 23.3 Å². The molecule has 0 amide bonds. The van der Waals surface area contributed by atoms with Crippen molar-refractivity contribution in [1.82, 2.24) is 4.98 Å². The van der Waals surface area contributed by atoms with Crippen LogP contribution in [0.15, 0.2) is 54.7 Å². The van der Waals surface area contributed by atoms with E-state index >= 15 is 0 Å². The molecule has 0 saturated heterocycles. The van der Waals surface area contributed by atoms with Crippen LogP contribution in [0, 0.1) is 0 Å². The molecule has 104 valence electrons. The quantitative estimate of drug-likeness (QED) is 0.719. The smallest absolute Gasteiger partial charge is 0.339 e. The SMILES string of the molecule is Nc1ccc(C(=O)O)c(Oc2cccc3cccnc23)c1. The van der Waals surface area contributed by atoms with E-state index in [0.29, 0.717) is 17.0 Å². The first-order valence-corrected chi connectivity index (χ1v) is 6.29. The van der Waals surface area contributed by atoms with Gasteiger partial charge in [0.05, 0.1) is 0 Å². The summed E-state index contributed by atoms with van der Waals surface area (Å²) in [5.41, 5.74) is 6.86. The Bertz CT molecular complexity index is 825. The number of aromatic nitrogens is 1. The fourth-order valence-corrected chi connectivity index (χ4v) is 2.08. The maximum Gasteiger partial charge on any atom is 0.339 e. The van der Waals surface area contributed by atoms with E-state index in [1.807, 2.05) is 24.3 Å². The van der Waals surface area contributed by atoms with Gasteiger partial charge in [-0.05, 0) is 24.3 Å². The zero-order valence-electron chi connectivity index (χ0n) is 11.0. The standard InChI is InChI=1S/C16H12N2O3/c17-11-6-7-12(16(19)20)14(9-11)21-13-5-1-3-10-4-2-8-18-15(10)13/h1-9H,17H2,(H,19,20). The summed E-state index contributed by atoms with van der Waals surface area (Å²) in [5, 5.41) is 10.1. The molecule has 0 spiro atoms. The van der Waals surface area contributed by atoms with E-state index in [4.69, 9.17) is 10.5 Å². The maximum atomic E-state index is 11.3. The molecule has 0 bridgehead atoms. The molecular weight excluding hydrogens is 268 g/mol. The van der Waals surface area contributed by atoms with Crippen LogP contribution in [0.4, 0.5) is 5.69 Å². The predicted molar refractivity (Wildman–Crippen MR) is 79.6 cm³/mol. The number of nitrogen functional groups attached to an aromatic ring is 1. The van der Waals surface area contributed by atoms with Gasteiger partial charge in [0.15, 0.2) is 5.75 Å². The first-order chi connectivity index (χ1) is 10.1. The highest BCUT2D eigenvalue weighted by Crippen LogP contribution is 2.31. The molecule has 3 rings (SSSR count). The number of pyridine rings is 1. The Hall–Kier alpha value is -3.08. The fraction of sp³-hybridized carbons (Fsp3) is 0. The second kappa shape index (κ2) is 5.13. The molecule has 5 nitrogen and oxygen atoms in total. The van der Waals surface area contributed by atoms with Crippen LogP contribution in [0.3, 0.4) is 0 Å². The molecule has 0 unspecified atom stereocenters. The molecule has 3 N–H and O–H groups in total. The van der Waals surface area contributed by atoms with Gasteiger partial charge < -0.3 is 15.6 Å². The second-order valence-electron chi connectivity index (χ2n) is 4.49. The molecule has 3 aromatic rings. The first-order valence-electron chi connectivity index (χ1n) is 6.29. The van der Waals surface area contributed by atoms with Crippen LogP contribution in [0.25, 0.3) is 10.9 Å². The van der Waals surface area contributed by atoms with Gasteiger partial charge in [0.25, 0.3) is 0 Å². The Labute approximate surface area is 120 Å². The van der Waals surface area contributed by atoms with Crippen molar-refractivity contribution in [2.75, 3.05) is 5.73 Å². The number of carboxylic acids is 1. The highest BCUT2D eigenvalue weighted by atomic mass is 16.5. The molecule has 0 aliphatic rings. The first kappa shape index (κ1) is 12.9. The number of benzene rings is 2. The third kappa shape index (κ3) is 2.49. The second-order valence-corrected chi connectivity index (χ2v) is 4.49. The van der Waals surface area contributed by atoms with E-state index in [0.717, 1.165) is 5.39 Å². The van der Waals surface area contributed by atoms with Crippen LogP contribution in [-0.2, 0) is 0 Å². The summed E-state index contributed by atoms with van der Waals surface area (Å²) in [6.07, 6.45) is 1.66. The minimum atomic E-state index is -1.07. The third-order valence-electron chi connectivity index (χ3n) is 3.05. The number of aromatic carboxylic acids is 1. The molecule has 0 radical (unpaired) electrons. The van der Waals surface area contributed by atoms with E-state index in [9.17, 15) is 9.90 Å². The highest BCUT2D eigenvalue weighted by Gasteiger charge is 2.13. The van der Waals surface area contributed by atoms with Gasteiger partial charge in [0.2, 0.25) is 0 Å². The molecule has 0 atom stereocenters. The van der Waals surface area contributed by atoms with Gasteiger partial charge >= 0.3 is 5.97 Å². The average Bonchev–Trinajstić information content (AvgIpc) is 2.47. The van der Waals surface area contributed by atoms with Gasteiger partial charge in [-0.25, -0.2) is 4.79 Å². The summed E-state index contributed by atoms with van der Waals surface area (Å²) in [6.45, 7) is 0. The number of fused-ring (bicyclic) bond motifs is 1. The van der Waals surface area contributed by atoms with Crippen LogP contribution in [0.2, 0.25) is 0 Å². The van der Waals surface area contributed by atoms with E-state index in [1.165, 1.54) is 18.2 Å². The van der Waals surface area contributed by atoms with Crippen molar-refractivity contribution in [3.05, 3.63) is 60.3 Å². The number of anilines is 1. The Morgan fingerprint density at radius 2 is 1.90 bits per heavy atom. The van der Waals surface area contributed by atoms with Crippen LogP contribution >= 0.6 is 0 Å². The van der Waals surface area contributed by atoms with Crippen LogP contribution in [-0.4, -0.2) is 16.1 Å². The topological polar surface area (TPSA) is 85.4 Å². The fourth-order valence-electron chi connectivity index (χ4n) is 2.08. The lowest BCUT2D eigenvalue weighted by Gasteiger charge is -2.11. The predicted octanol–water partition coefficient (Wildman–Crippen LogP) is 3.31. The van der Waals surface area contributed by atoms with Gasteiger partial charge in [-0.1, -0.05) is 18.2 Å². The lowest BCUT2D eigenvalue weighted by Crippen LogP contribution is -2.01. The number of nitrogens with two attached hydrogens (primary N) is 1. The van der Waals surface area contributed by atoms with E-state index in [2.05, 4.69) is 4.98 Å². The molecule has 2 aromatic carbocycles. The maximum absolute atomic E-state index is 11.3. The number of carbonyl (C=O) groups is 1. The van der Waals surface area contributed by atoms with E-state index in [1.54, 1.807) is 12.3 Å². The number of ether oxygens (including phenoxy) is 1. The van der Waals surface area contributed by atoms with E-state index in [-0.39, 0.29) is 11.3 Å². The summed E-state index contributed by atoms with van der Waals surface area (Å²) in [4.78, 5) is 15.5. The number of nitrogens with zero attached hydrogens (tertiary/aromatic N) is 1. The summed E-state index contributed by atoms with van der Waals surface area (Å²) in [6, 6.07) is 13.7. The lowest BCUT2D eigenvalue weighted by atomic mass is 10.1. The van der Waals surface area contributed by atoms with Crippen molar-refractivity contribution in [2.24, 2.45) is 0 Å². The summed E-state index contributed by atoms with van der Waals surface area (Å²) in [5.74, 6) is -0.389. The van der Waals surface area contributed by atoms with Crippen molar-refractivity contribution in [3.8, 4) is 11.5 Å². The highest BCUT2D eigenvalue weighted by molar-refractivity contribution is 5.92. The van der Waals surface area contributed by atoms with Crippen molar-refractivity contribution in [3.63, 3.8) is 0 Å². The minimum absolute atomic E-state index is 0.0529. The van der Waals surface area contributed by atoms with Crippen molar-refractivity contribution in [2.45, 2.75) is 0 Å². The van der Waals surface area contributed by atoms with Crippen LogP contribution < -0.4 is 10.5 Å². The Kier molecular flexibility index (Phi) is 3.16. The molecule has 5 heteroatoms. The number of carboxylic acid groups (broad SMARTS) is 1. The zero-order chi connectivity index (χ0) is 14.8. The minimum Gasteiger partial charge on any atom is -0.478 e. The van der Waals surface area contributed by atoms with Gasteiger partial charge in [0.1, 0.15) is 16.8 Å². The molecule has 0 saturated carbocycles. The number of rotatable bonds is 3. The summed E-state index contributed by atoms with van der Waals surface area (Å²) < 4.78 is 5.74. The number of hydrogen-bond donors (Lipinski definition) is 2. The lowest BCUT2D eigenvalue weighted by molar-refractivity contribution is 0.0694. The Morgan fingerprint density at radius 3 is 2.71 bits per heavy atom. The third-order valence-corrected chi connectivity index (χ3v) is 3.05. The van der Waals surface area contributed by atoms with Crippen molar-refractivity contribution < 1.29 is 14.6 Å². The largest absolute Gasteiger partial charge is 0.478 e. The molecule has 0 aliphatic carbocycles. The normalized spacial score (nSPS) is 10.5. The Balaban J connectivity index is 2.11. The van der Waals surface area contributed by atoms with Crippen LogP contribution in [0.1, 0.15) is 10.4 Å². The van der Waals surface area contributed by atoms with Gasteiger partial charge in [-0.15, -0.1) is 0 Å². The molecule has 0 aliphatic heterocycles. The summed E-state index contributed by atoms with van der Waals surface area (Å²) in [7, 11) is 0. The molecule has 1 aromatic heterocycles. The average molecular weight is 280 g/mol. The zero-order valence-corrected chi connectivity index (χ0v) is 11.0. The number of hydrogen-bond acceptors (Lipinski definition) is 4. The molecular formula is C16H12N2O3. The van der Waals surface area contributed by atoms with Crippen LogP contribution in [0.5, 0.6) is 11.5 Å². The van der Waals surface area contributed by atoms with E-state index < -0.39 is 5.97 Å². The summed E-state index contributed by atoms with van der Waals surface area (Å²) >= 11 is 0. The molecule has 0 fully saturated rings. The van der Waals surface area contributed by atoms with Gasteiger partial charge in [-0.2, -0.15) is 0 Å². The molecule has 1 heterocycles. The number of para-hydroxylation sites is 1. The van der Waals surface area contributed by atoms with Gasteiger partial charge in [-0.3, -0.25) is 4.98 Å². The van der Waals surface area contributed by atoms with Crippen molar-refractivity contribution in [1.29, 1.82) is 0 Å². The molecule has 21 heavy (non-hydrogen) atoms. The van der Waals surface area contributed by atoms with Crippen molar-refractivity contribution >= 4 is 22.6 Å².